The van der Waals surface area contributed by atoms with E-state index >= 15 is 0 Å². The number of halogens is 1. The predicted molar refractivity (Wildman–Crippen MR) is 229 cm³/mol. The second-order valence-corrected chi connectivity index (χ2v) is 15.9. The van der Waals surface area contributed by atoms with E-state index in [0.29, 0.717) is 49.6 Å². The fourth-order valence-corrected chi connectivity index (χ4v) is 7.39. The monoisotopic (exact) mass is 838 g/mol. The average molecular weight is 839 g/mol. The highest BCUT2D eigenvalue weighted by molar-refractivity contribution is 6.61. The van der Waals surface area contributed by atoms with Crippen molar-refractivity contribution in [2.45, 2.75) is 39.5 Å². The third kappa shape index (κ3) is 12.7. The van der Waals surface area contributed by atoms with Gasteiger partial charge < -0.3 is 43.3 Å². The van der Waals surface area contributed by atoms with E-state index in [-0.39, 0.29) is 17.7 Å². The molecule has 0 unspecified atom stereocenters. The number of piperidine rings is 2. The lowest BCUT2D eigenvalue weighted by Gasteiger charge is -2.34. The second-order valence-electron chi connectivity index (χ2n) is 15.6. The Hall–Kier alpha value is -5.06. The van der Waals surface area contributed by atoms with Gasteiger partial charge in [-0.05, 0) is 50.8 Å². The van der Waals surface area contributed by atoms with Crippen molar-refractivity contribution in [3.8, 4) is 0 Å². The van der Waals surface area contributed by atoms with Gasteiger partial charge in [0.05, 0.1) is 47.9 Å². The molecule has 322 valence electrons. The van der Waals surface area contributed by atoms with Crippen LogP contribution < -0.4 is 9.80 Å². The van der Waals surface area contributed by atoms with Crippen molar-refractivity contribution >= 4 is 74.9 Å². The molecule has 16 nitrogen and oxygen atoms in total. The number of hydrogen-bond acceptors (Lipinski definition) is 12. The molecule has 0 bridgehead atoms. The van der Waals surface area contributed by atoms with Crippen LogP contribution in [0.25, 0.3) is 22.1 Å². The van der Waals surface area contributed by atoms with Crippen molar-refractivity contribution in [1.82, 2.24) is 28.9 Å². The summed E-state index contributed by atoms with van der Waals surface area (Å²) in [4.78, 5) is 72.7. The number of aryl methyl sites for hydroxylation is 2. The molecule has 7 rings (SSSR count). The smallest absolute Gasteiger partial charge is 0.403 e. The molecule has 17 heteroatoms. The molecule has 0 saturated carbocycles. The van der Waals surface area contributed by atoms with Crippen LogP contribution in [0.15, 0.2) is 36.9 Å². The van der Waals surface area contributed by atoms with Crippen molar-refractivity contribution in [2.24, 2.45) is 31.8 Å². The molecule has 1 amide bonds. The van der Waals surface area contributed by atoms with Gasteiger partial charge >= 0.3 is 11.4 Å². The van der Waals surface area contributed by atoms with Crippen molar-refractivity contribution in [3.63, 3.8) is 0 Å². The maximum Gasteiger partial charge on any atom is 0.403 e. The van der Waals surface area contributed by atoms with Crippen LogP contribution in [-0.2, 0) is 33.2 Å². The number of likely N-dealkylation sites (N-methyl/N-ethyl adjacent to an activating group) is 1. The summed E-state index contributed by atoms with van der Waals surface area (Å²) in [6.07, 6.45) is 11.8. The Balaban J connectivity index is 0.000000195. The third-order valence-electron chi connectivity index (χ3n) is 10.6. The fraction of sp³-hybridized carbons (Fsp3) is 0.548. The van der Waals surface area contributed by atoms with Crippen molar-refractivity contribution in [3.05, 3.63) is 48.0 Å². The number of morpholine rings is 1. The SMILES string of the molecule is CC(C)COC(=O)Cl.CN(C)C(=O)C1CCN(c2ccnc3c2c(C=O)cn3C)CC1.CN1CCOCC1.Cn1cc(C=O)c2c(N3CCC(C(=O)O)CC3)ccnc21. The lowest BCUT2D eigenvalue weighted by Crippen LogP contribution is -2.40. The van der Waals surface area contributed by atoms with Gasteiger partial charge in [-0.2, -0.15) is 0 Å². The zero-order valence-corrected chi connectivity index (χ0v) is 36.1. The van der Waals surface area contributed by atoms with E-state index in [1.165, 1.54) is 0 Å². The molecular weight excluding hydrogens is 780 g/mol. The molecule has 3 fully saturated rings. The number of rotatable bonds is 8. The second kappa shape index (κ2) is 22.3. The standard InChI is InChI=1S/C17H22N4O2.C15H17N3O3.C5H9ClO2.C5H11NO/c1-19(2)17(23)12-5-8-21(9-6-12)14-4-7-18-16-15(14)13(11-22)10-20(16)3;1-17-8-11(9-19)13-12(2-5-16-14(13)17)18-6-3-10(4-7-18)15(20)21;1-4(2)3-8-5(6)7;1-6-2-4-7-5-3-6/h4,7,10-12H,5-6,8-9H2,1-3H3;2,5,8-10H,3-4,6-7H2,1H3,(H,20,21);4H,3H2,1-2H3;2-5H2,1H3. The quantitative estimate of drug-likeness (QED) is 0.178. The van der Waals surface area contributed by atoms with Gasteiger partial charge in [0.1, 0.15) is 11.3 Å². The van der Waals surface area contributed by atoms with E-state index in [4.69, 9.17) is 21.4 Å². The molecular formula is C42H59ClN8O8. The lowest BCUT2D eigenvalue weighted by molar-refractivity contribution is -0.142. The molecule has 7 heterocycles. The average Bonchev–Trinajstić information content (AvgIpc) is 3.76. The summed E-state index contributed by atoms with van der Waals surface area (Å²) in [5.74, 6) is -0.321. The molecule has 3 aliphatic heterocycles. The minimum absolute atomic E-state index is 0.0971. The lowest BCUT2D eigenvalue weighted by atomic mass is 9.95. The number of carboxylic acid groups (broad SMARTS) is 1. The largest absolute Gasteiger partial charge is 0.481 e. The first-order valence-corrected chi connectivity index (χ1v) is 20.3. The number of aliphatic carboxylic acids is 1. The van der Waals surface area contributed by atoms with Crippen LogP contribution in [-0.4, -0.2) is 144 Å². The zero-order chi connectivity index (χ0) is 43.2. The number of ether oxygens (including phenoxy) is 2. The summed E-state index contributed by atoms with van der Waals surface area (Å²) in [5.41, 5.74) is 4.15. The number of pyridine rings is 2. The highest BCUT2D eigenvalue weighted by atomic mass is 35.5. The maximum absolute atomic E-state index is 12.1. The van der Waals surface area contributed by atoms with Gasteiger partial charge in [-0.15, -0.1) is 0 Å². The van der Waals surface area contributed by atoms with E-state index in [0.717, 1.165) is 98.2 Å². The number of aldehydes is 2. The fourth-order valence-electron chi connectivity index (χ4n) is 7.33. The normalized spacial score (nSPS) is 16.3. The van der Waals surface area contributed by atoms with Crippen LogP contribution in [0.4, 0.5) is 16.2 Å². The van der Waals surface area contributed by atoms with Crippen LogP contribution >= 0.6 is 11.6 Å². The third-order valence-corrected chi connectivity index (χ3v) is 10.7. The molecule has 1 N–H and O–H groups in total. The van der Waals surface area contributed by atoms with Gasteiger partial charge in [0.2, 0.25) is 5.91 Å². The molecule has 4 aromatic rings. The van der Waals surface area contributed by atoms with Gasteiger partial charge in [0.15, 0.2) is 12.6 Å². The molecule has 0 aromatic carbocycles. The Kier molecular flexibility index (Phi) is 17.7. The first kappa shape index (κ1) is 46.6. The van der Waals surface area contributed by atoms with E-state index in [9.17, 15) is 24.0 Å². The number of fused-ring (bicyclic) bond motifs is 2. The first-order valence-electron chi connectivity index (χ1n) is 20.0. The number of carbonyl (C=O) groups excluding carboxylic acids is 4. The number of anilines is 2. The van der Waals surface area contributed by atoms with Gasteiger partial charge in [-0.1, -0.05) is 13.8 Å². The van der Waals surface area contributed by atoms with Crippen molar-refractivity contribution in [2.75, 3.05) is 90.0 Å². The highest BCUT2D eigenvalue weighted by Crippen LogP contribution is 2.33. The van der Waals surface area contributed by atoms with E-state index < -0.39 is 11.4 Å². The minimum Gasteiger partial charge on any atom is -0.481 e. The minimum atomic E-state index is -0.723. The number of hydrogen-bond donors (Lipinski definition) is 1. The Morgan fingerprint density at radius 2 is 1.25 bits per heavy atom. The van der Waals surface area contributed by atoms with E-state index in [1.807, 2.05) is 55.4 Å². The van der Waals surface area contributed by atoms with Gasteiger partial charge in [0, 0.05) is 121 Å². The Bertz CT molecular complexity index is 2030. The Morgan fingerprint density at radius 3 is 1.58 bits per heavy atom. The predicted octanol–water partition coefficient (Wildman–Crippen LogP) is 5.34. The van der Waals surface area contributed by atoms with Crippen molar-refractivity contribution in [1.29, 1.82) is 0 Å². The van der Waals surface area contributed by atoms with Crippen LogP contribution in [0, 0.1) is 17.8 Å². The summed E-state index contributed by atoms with van der Waals surface area (Å²) >= 11 is 4.86. The Labute approximate surface area is 351 Å². The zero-order valence-electron chi connectivity index (χ0n) is 35.3. The number of carboxylic acids is 1. The van der Waals surface area contributed by atoms with Gasteiger partial charge in [-0.3, -0.25) is 19.2 Å². The summed E-state index contributed by atoms with van der Waals surface area (Å²) in [6.45, 7) is 11.3. The molecule has 0 aliphatic carbocycles. The van der Waals surface area contributed by atoms with Gasteiger partial charge in [0.25, 0.3) is 0 Å². The van der Waals surface area contributed by atoms with Crippen LogP contribution in [0.3, 0.4) is 0 Å². The number of aromatic nitrogens is 4. The summed E-state index contributed by atoms with van der Waals surface area (Å²) < 4.78 is 13.2. The first-order chi connectivity index (χ1) is 28.2. The topological polar surface area (TPSA) is 173 Å². The summed E-state index contributed by atoms with van der Waals surface area (Å²) in [5, 5.41) is 10.8. The maximum atomic E-state index is 12.1. The van der Waals surface area contributed by atoms with E-state index in [2.05, 4.69) is 36.5 Å². The number of nitrogens with zero attached hydrogens (tertiary/aromatic N) is 8. The summed E-state index contributed by atoms with van der Waals surface area (Å²) in [7, 11) is 9.49. The van der Waals surface area contributed by atoms with E-state index in [1.54, 1.807) is 37.6 Å². The van der Waals surface area contributed by atoms with Crippen LogP contribution in [0.1, 0.15) is 60.2 Å². The number of amides is 1. The molecule has 0 spiro atoms. The summed E-state index contributed by atoms with van der Waals surface area (Å²) in [6, 6.07) is 3.86. The molecule has 0 atom stereocenters. The van der Waals surface area contributed by atoms with Crippen LogP contribution in [0.5, 0.6) is 0 Å². The van der Waals surface area contributed by atoms with Crippen molar-refractivity contribution < 1.29 is 38.6 Å². The van der Waals surface area contributed by atoms with Gasteiger partial charge in [-0.25, -0.2) is 14.8 Å². The molecule has 59 heavy (non-hydrogen) atoms. The van der Waals surface area contributed by atoms with Crippen LogP contribution in [0.2, 0.25) is 0 Å². The Morgan fingerprint density at radius 1 is 0.814 bits per heavy atom. The highest BCUT2D eigenvalue weighted by Gasteiger charge is 2.28. The molecule has 4 aromatic heterocycles. The molecule has 3 saturated heterocycles. The number of carbonyl (C=O) groups is 5. The molecule has 0 radical (unpaired) electrons. The molecule has 3 aliphatic rings.